The summed E-state index contributed by atoms with van der Waals surface area (Å²) >= 11 is 0. The van der Waals surface area contributed by atoms with Gasteiger partial charge in [0.25, 0.3) is 0 Å². The maximum absolute atomic E-state index is 12.9. The van der Waals surface area contributed by atoms with E-state index in [0.717, 1.165) is 11.5 Å². The van der Waals surface area contributed by atoms with Gasteiger partial charge in [-0.2, -0.15) is 0 Å². The molecule has 1 aromatic rings. The molecule has 1 saturated carbocycles. The topological polar surface area (TPSA) is 26.0 Å². The van der Waals surface area contributed by atoms with Gasteiger partial charge in [0, 0.05) is 5.69 Å². The summed E-state index contributed by atoms with van der Waals surface area (Å²) in [7, 11) is 0. The molecule has 1 aliphatic carbocycles. The third-order valence-corrected chi connectivity index (χ3v) is 3.43. The molecule has 0 aliphatic heterocycles. The van der Waals surface area contributed by atoms with Crippen molar-refractivity contribution in [2.24, 2.45) is 5.92 Å². The fourth-order valence-corrected chi connectivity index (χ4v) is 2.63. The number of nitrogens with two attached hydrogens (primary N) is 1. The highest BCUT2D eigenvalue weighted by atomic mass is 19.1. The first-order valence-electron chi connectivity index (χ1n) is 5.71. The Hall–Kier alpha value is -1.05. The molecule has 0 saturated heterocycles. The van der Waals surface area contributed by atoms with Crippen LogP contribution in [0.3, 0.4) is 0 Å². The number of nitrogen functional groups attached to an aromatic ring is 1. The Kier molecular flexibility index (Phi) is 2.94. The minimum Gasteiger partial charge on any atom is -0.398 e. The molecule has 0 aromatic heterocycles. The number of benzene rings is 1. The quantitative estimate of drug-likeness (QED) is 0.698. The van der Waals surface area contributed by atoms with E-state index in [1.807, 2.05) is 6.07 Å². The lowest BCUT2D eigenvalue weighted by Crippen LogP contribution is -2.13. The Bertz CT molecular complexity index is 348. The third kappa shape index (κ3) is 2.31. The van der Waals surface area contributed by atoms with Crippen LogP contribution in [0.4, 0.5) is 10.1 Å². The molecule has 1 aromatic carbocycles. The van der Waals surface area contributed by atoms with Gasteiger partial charge in [0.2, 0.25) is 0 Å². The fourth-order valence-electron chi connectivity index (χ4n) is 2.63. The molecule has 1 aliphatic rings. The molecule has 0 heterocycles. The zero-order valence-corrected chi connectivity index (χ0v) is 9.17. The lowest BCUT2D eigenvalue weighted by Gasteiger charge is -2.27. The van der Waals surface area contributed by atoms with Crippen molar-refractivity contribution in [1.29, 1.82) is 0 Å². The summed E-state index contributed by atoms with van der Waals surface area (Å²) in [6.45, 7) is 2.28. The van der Waals surface area contributed by atoms with Crippen LogP contribution in [-0.4, -0.2) is 0 Å². The predicted molar refractivity (Wildman–Crippen MR) is 61.2 cm³/mol. The second-order valence-corrected chi connectivity index (χ2v) is 4.74. The monoisotopic (exact) mass is 207 g/mol. The van der Waals surface area contributed by atoms with Gasteiger partial charge in [-0.25, -0.2) is 4.39 Å². The van der Waals surface area contributed by atoms with E-state index in [2.05, 4.69) is 6.92 Å². The van der Waals surface area contributed by atoms with Gasteiger partial charge in [-0.15, -0.1) is 0 Å². The van der Waals surface area contributed by atoms with Crippen LogP contribution in [0.15, 0.2) is 18.2 Å². The van der Waals surface area contributed by atoms with Gasteiger partial charge in [-0.1, -0.05) is 25.8 Å². The standard InChI is InChI=1S/C13H18FN/c1-9-3-2-4-10(7-9)12-6-5-11(14)8-13(12)15/h5-6,8-10H,2-4,7,15H2,1H3/t9-,10-/m0/s1. The molecule has 1 fully saturated rings. The number of hydrogen-bond acceptors (Lipinski definition) is 1. The largest absolute Gasteiger partial charge is 0.398 e. The van der Waals surface area contributed by atoms with Gasteiger partial charge >= 0.3 is 0 Å². The molecule has 2 rings (SSSR count). The average Bonchev–Trinajstić information content (AvgIpc) is 2.17. The van der Waals surface area contributed by atoms with Gasteiger partial charge in [-0.3, -0.25) is 0 Å². The second-order valence-electron chi connectivity index (χ2n) is 4.74. The molecular weight excluding hydrogens is 189 g/mol. The van der Waals surface area contributed by atoms with E-state index in [4.69, 9.17) is 5.73 Å². The summed E-state index contributed by atoms with van der Waals surface area (Å²) < 4.78 is 12.9. The van der Waals surface area contributed by atoms with E-state index in [9.17, 15) is 4.39 Å². The minimum atomic E-state index is -0.236. The van der Waals surface area contributed by atoms with Crippen LogP contribution in [0, 0.1) is 11.7 Å². The van der Waals surface area contributed by atoms with E-state index in [0.29, 0.717) is 11.6 Å². The van der Waals surface area contributed by atoms with Crippen LogP contribution >= 0.6 is 0 Å². The first-order chi connectivity index (χ1) is 7.16. The van der Waals surface area contributed by atoms with Crippen LogP contribution in [0.2, 0.25) is 0 Å². The molecule has 0 radical (unpaired) electrons. The number of anilines is 1. The van der Waals surface area contributed by atoms with Crippen molar-refractivity contribution >= 4 is 5.69 Å². The average molecular weight is 207 g/mol. The van der Waals surface area contributed by atoms with Crippen molar-refractivity contribution in [3.05, 3.63) is 29.6 Å². The molecule has 2 heteroatoms. The molecule has 2 atom stereocenters. The number of halogens is 1. The molecule has 0 amide bonds. The summed E-state index contributed by atoms with van der Waals surface area (Å²) in [5, 5.41) is 0. The van der Waals surface area contributed by atoms with E-state index < -0.39 is 0 Å². The SMILES string of the molecule is C[C@H]1CCC[C@H](c2ccc(F)cc2N)C1. The molecule has 0 spiro atoms. The molecule has 2 N–H and O–H groups in total. The van der Waals surface area contributed by atoms with Gasteiger partial charge < -0.3 is 5.73 Å². The second kappa shape index (κ2) is 4.21. The van der Waals surface area contributed by atoms with Crippen molar-refractivity contribution in [2.75, 3.05) is 5.73 Å². The highest BCUT2D eigenvalue weighted by Gasteiger charge is 2.21. The molecule has 82 valence electrons. The lowest BCUT2D eigenvalue weighted by molar-refractivity contribution is 0.344. The van der Waals surface area contributed by atoms with Crippen molar-refractivity contribution in [3.8, 4) is 0 Å². The summed E-state index contributed by atoms with van der Waals surface area (Å²) in [6.07, 6.45) is 4.97. The molecule has 0 unspecified atom stereocenters. The Balaban J connectivity index is 2.21. The number of rotatable bonds is 1. The normalized spacial score (nSPS) is 26.5. The molecular formula is C13H18FN. The minimum absolute atomic E-state index is 0.236. The highest BCUT2D eigenvalue weighted by Crippen LogP contribution is 2.38. The van der Waals surface area contributed by atoms with E-state index in [1.165, 1.54) is 37.8 Å². The first kappa shape index (κ1) is 10.5. The molecule has 0 bridgehead atoms. The maximum Gasteiger partial charge on any atom is 0.125 e. The Morgan fingerprint density at radius 3 is 2.80 bits per heavy atom. The number of hydrogen-bond donors (Lipinski definition) is 1. The molecule has 15 heavy (non-hydrogen) atoms. The van der Waals surface area contributed by atoms with E-state index >= 15 is 0 Å². The van der Waals surface area contributed by atoms with Crippen molar-refractivity contribution < 1.29 is 4.39 Å². The zero-order valence-electron chi connectivity index (χ0n) is 9.17. The van der Waals surface area contributed by atoms with Crippen molar-refractivity contribution in [1.82, 2.24) is 0 Å². The van der Waals surface area contributed by atoms with Crippen LogP contribution in [0.1, 0.15) is 44.1 Å². The van der Waals surface area contributed by atoms with Gasteiger partial charge in [0.15, 0.2) is 0 Å². The maximum atomic E-state index is 12.9. The zero-order chi connectivity index (χ0) is 10.8. The highest BCUT2D eigenvalue weighted by molar-refractivity contribution is 5.49. The fraction of sp³-hybridized carbons (Fsp3) is 0.538. The Morgan fingerprint density at radius 2 is 2.13 bits per heavy atom. The predicted octanol–water partition coefficient (Wildman–Crippen LogP) is 3.70. The van der Waals surface area contributed by atoms with Crippen molar-refractivity contribution in [2.45, 2.75) is 38.5 Å². The van der Waals surface area contributed by atoms with Crippen LogP contribution in [0.25, 0.3) is 0 Å². The third-order valence-electron chi connectivity index (χ3n) is 3.43. The summed E-state index contributed by atoms with van der Waals surface area (Å²) in [5.74, 6) is 1.07. The van der Waals surface area contributed by atoms with Crippen LogP contribution in [0.5, 0.6) is 0 Å². The summed E-state index contributed by atoms with van der Waals surface area (Å²) in [4.78, 5) is 0. The van der Waals surface area contributed by atoms with Crippen LogP contribution in [-0.2, 0) is 0 Å². The van der Waals surface area contributed by atoms with E-state index in [1.54, 1.807) is 0 Å². The van der Waals surface area contributed by atoms with E-state index in [-0.39, 0.29) is 5.82 Å². The Morgan fingerprint density at radius 1 is 1.33 bits per heavy atom. The van der Waals surface area contributed by atoms with Crippen molar-refractivity contribution in [3.63, 3.8) is 0 Å². The summed E-state index contributed by atoms with van der Waals surface area (Å²) in [5.41, 5.74) is 7.62. The summed E-state index contributed by atoms with van der Waals surface area (Å²) in [6, 6.07) is 4.81. The van der Waals surface area contributed by atoms with Crippen LogP contribution < -0.4 is 5.73 Å². The van der Waals surface area contributed by atoms with Gasteiger partial charge in [-0.05, 0) is 42.4 Å². The lowest BCUT2D eigenvalue weighted by atomic mass is 9.78. The Labute approximate surface area is 90.5 Å². The van der Waals surface area contributed by atoms with Gasteiger partial charge in [0.05, 0.1) is 0 Å². The first-order valence-corrected chi connectivity index (χ1v) is 5.71. The van der Waals surface area contributed by atoms with Gasteiger partial charge in [0.1, 0.15) is 5.82 Å². The smallest absolute Gasteiger partial charge is 0.125 e. The molecule has 1 nitrogen and oxygen atoms in total.